The molecule has 110 valence electrons. The molecule has 1 amide bonds. The van der Waals surface area contributed by atoms with Crippen molar-refractivity contribution in [3.05, 3.63) is 29.8 Å². The van der Waals surface area contributed by atoms with E-state index in [1.165, 1.54) is 0 Å². The normalized spacial score (nSPS) is 16.5. The molecule has 0 spiro atoms. The summed E-state index contributed by atoms with van der Waals surface area (Å²) in [7, 11) is 0. The summed E-state index contributed by atoms with van der Waals surface area (Å²) in [6.07, 6.45) is 5.17. The fourth-order valence-corrected chi connectivity index (χ4v) is 2.51. The maximum Gasteiger partial charge on any atom is 0.259 e. The number of nitrogens with one attached hydrogen (secondary N) is 1. The van der Waals surface area contributed by atoms with E-state index in [0.29, 0.717) is 24.2 Å². The van der Waals surface area contributed by atoms with Gasteiger partial charge in [0.1, 0.15) is 17.6 Å². The summed E-state index contributed by atoms with van der Waals surface area (Å²) in [4.78, 5) is 22.5. The molecule has 0 radical (unpaired) electrons. The molecule has 0 aliphatic heterocycles. The van der Waals surface area contributed by atoms with E-state index in [4.69, 9.17) is 4.74 Å². The van der Waals surface area contributed by atoms with Crippen LogP contribution in [0.3, 0.4) is 0 Å². The van der Waals surface area contributed by atoms with E-state index >= 15 is 0 Å². The molecule has 0 saturated heterocycles. The van der Waals surface area contributed by atoms with Crippen molar-refractivity contribution in [1.82, 2.24) is 5.32 Å². The molecule has 0 bridgehead atoms. The number of ether oxygens (including phenoxy) is 1. The molecule has 1 saturated carbocycles. The van der Waals surface area contributed by atoms with E-state index in [9.17, 15) is 14.9 Å². The number of carbonyl (C=O) groups is 2. The van der Waals surface area contributed by atoms with Gasteiger partial charge in [-0.25, -0.2) is 0 Å². The van der Waals surface area contributed by atoms with E-state index in [1.54, 1.807) is 24.3 Å². The Morgan fingerprint density at radius 1 is 1.29 bits per heavy atom. The third-order valence-corrected chi connectivity index (χ3v) is 3.69. The Morgan fingerprint density at radius 2 is 1.95 bits per heavy atom. The molecule has 21 heavy (non-hydrogen) atoms. The molecule has 0 atom stereocenters. The number of hydrogen-bond donors (Lipinski definition) is 1. The quantitative estimate of drug-likeness (QED) is 0.842. The van der Waals surface area contributed by atoms with Crippen molar-refractivity contribution in [2.45, 2.75) is 37.6 Å². The molecular weight excluding hydrogens is 268 g/mol. The Morgan fingerprint density at radius 3 is 2.52 bits per heavy atom. The van der Waals surface area contributed by atoms with Gasteiger partial charge in [0.05, 0.1) is 6.07 Å². The van der Waals surface area contributed by atoms with E-state index in [0.717, 1.165) is 25.5 Å². The Balaban J connectivity index is 1.86. The maximum absolute atomic E-state index is 11.9. The third kappa shape index (κ3) is 4.06. The first-order valence-corrected chi connectivity index (χ1v) is 7.08. The zero-order valence-corrected chi connectivity index (χ0v) is 11.8. The maximum atomic E-state index is 11.9. The third-order valence-electron chi connectivity index (χ3n) is 3.69. The van der Waals surface area contributed by atoms with Crippen molar-refractivity contribution >= 4 is 12.2 Å². The highest BCUT2D eigenvalue weighted by molar-refractivity contribution is 5.79. The van der Waals surface area contributed by atoms with Crippen LogP contribution in [0.1, 0.15) is 42.5 Å². The minimum absolute atomic E-state index is 0.135. The van der Waals surface area contributed by atoms with Crippen LogP contribution >= 0.6 is 0 Å². The van der Waals surface area contributed by atoms with Gasteiger partial charge in [0, 0.05) is 5.56 Å². The lowest BCUT2D eigenvalue weighted by Gasteiger charge is -2.31. The molecule has 1 fully saturated rings. The first-order chi connectivity index (χ1) is 10.2. The van der Waals surface area contributed by atoms with Crippen molar-refractivity contribution in [3.63, 3.8) is 0 Å². The highest BCUT2D eigenvalue weighted by Crippen LogP contribution is 2.27. The van der Waals surface area contributed by atoms with Crippen LogP contribution < -0.4 is 10.1 Å². The SMILES string of the molecule is N#CC1(NC(=O)COc2ccc(C=O)cc2)CCCCC1. The first-order valence-electron chi connectivity index (χ1n) is 7.08. The Labute approximate surface area is 123 Å². The van der Waals surface area contributed by atoms with Gasteiger partial charge >= 0.3 is 0 Å². The van der Waals surface area contributed by atoms with Crippen molar-refractivity contribution in [1.29, 1.82) is 5.26 Å². The Kier molecular flexibility index (Phi) is 4.94. The summed E-state index contributed by atoms with van der Waals surface area (Å²) in [5, 5.41) is 12.1. The van der Waals surface area contributed by atoms with Crippen molar-refractivity contribution in [2.75, 3.05) is 6.61 Å². The number of benzene rings is 1. The van der Waals surface area contributed by atoms with Gasteiger partial charge in [-0.2, -0.15) is 5.26 Å². The summed E-state index contributed by atoms with van der Waals surface area (Å²) in [6, 6.07) is 8.75. The van der Waals surface area contributed by atoms with Gasteiger partial charge in [-0.15, -0.1) is 0 Å². The van der Waals surface area contributed by atoms with Gasteiger partial charge in [0.25, 0.3) is 5.91 Å². The standard InChI is InChI=1S/C16H18N2O3/c17-12-16(8-2-1-3-9-16)18-15(20)11-21-14-6-4-13(10-19)5-7-14/h4-7,10H,1-3,8-9,11H2,(H,18,20). The topological polar surface area (TPSA) is 79.2 Å². The van der Waals surface area contributed by atoms with Crippen LogP contribution in [0.5, 0.6) is 5.75 Å². The first kappa shape index (κ1) is 15.0. The molecule has 1 aromatic carbocycles. The summed E-state index contributed by atoms with van der Waals surface area (Å²) in [5.74, 6) is 0.225. The molecule has 5 nitrogen and oxygen atoms in total. The summed E-state index contributed by atoms with van der Waals surface area (Å²) >= 11 is 0. The van der Waals surface area contributed by atoms with Crippen LogP contribution in [-0.2, 0) is 4.79 Å². The average Bonchev–Trinajstić information content (AvgIpc) is 2.54. The molecule has 1 aliphatic rings. The van der Waals surface area contributed by atoms with Crippen LogP contribution in [0.25, 0.3) is 0 Å². The van der Waals surface area contributed by atoms with Crippen molar-refractivity contribution in [2.24, 2.45) is 0 Å². The second-order valence-electron chi connectivity index (χ2n) is 5.28. The summed E-state index contributed by atoms with van der Waals surface area (Å²) < 4.78 is 5.36. The molecule has 0 heterocycles. The number of rotatable bonds is 5. The number of carbonyl (C=O) groups excluding carboxylic acids is 2. The van der Waals surface area contributed by atoms with E-state index < -0.39 is 5.54 Å². The number of nitrogens with zero attached hydrogens (tertiary/aromatic N) is 1. The van der Waals surface area contributed by atoms with Crippen LogP contribution in [0.2, 0.25) is 0 Å². The fourth-order valence-electron chi connectivity index (χ4n) is 2.51. The minimum atomic E-state index is -0.736. The molecule has 0 unspecified atom stereocenters. The highest BCUT2D eigenvalue weighted by Gasteiger charge is 2.33. The van der Waals surface area contributed by atoms with Gasteiger partial charge < -0.3 is 10.1 Å². The fraction of sp³-hybridized carbons (Fsp3) is 0.438. The number of amides is 1. The molecule has 1 aliphatic carbocycles. The second-order valence-corrected chi connectivity index (χ2v) is 5.28. The minimum Gasteiger partial charge on any atom is -0.484 e. The van der Waals surface area contributed by atoms with Crippen molar-refractivity contribution in [3.8, 4) is 11.8 Å². The summed E-state index contributed by atoms with van der Waals surface area (Å²) in [5.41, 5.74) is -0.183. The van der Waals surface area contributed by atoms with Gasteiger partial charge in [-0.05, 0) is 37.1 Å². The van der Waals surface area contributed by atoms with E-state index in [-0.39, 0.29) is 12.5 Å². The monoisotopic (exact) mass is 286 g/mol. The molecule has 1 aromatic rings. The molecule has 2 rings (SSSR count). The average molecular weight is 286 g/mol. The Bertz CT molecular complexity index is 540. The number of hydrogen-bond acceptors (Lipinski definition) is 4. The number of aldehydes is 1. The summed E-state index contributed by atoms with van der Waals surface area (Å²) in [6.45, 7) is -0.135. The molecule has 5 heteroatoms. The van der Waals surface area contributed by atoms with Crippen LogP contribution in [0.15, 0.2) is 24.3 Å². The zero-order valence-electron chi connectivity index (χ0n) is 11.8. The van der Waals surface area contributed by atoms with Gasteiger partial charge in [0.2, 0.25) is 0 Å². The predicted octanol–water partition coefficient (Wildman–Crippen LogP) is 2.22. The van der Waals surface area contributed by atoms with Crippen LogP contribution in [-0.4, -0.2) is 24.3 Å². The lowest BCUT2D eigenvalue weighted by molar-refractivity contribution is -0.124. The van der Waals surface area contributed by atoms with Gasteiger partial charge in [0.15, 0.2) is 6.61 Å². The highest BCUT2D eigenvalue weighted by atomic mass is 16.5. The Hall–Kier alpha value is -2.35. The van der Waals surface area contributed by atoms with Crippen LogP contribution in [0, 0.1) is 11.3 Å². The zero-order chi connectivity index (χ0) is 15.1. The largest absolute Gasteiger partial charge is 0.484 e. The lowest BCUT2D eigenvalue weighted by Crippen LogP contribution is -2.50. The van der Waals surface area contributed by atoms with Gasteiger partial charge in [-0.3, -0.25) is 9.59 Å². The van der Waals surface area contributed by atoms with Crippen LogP contribution in [0.4, 0.5) is 0 Å². The molecule has 0 aromatic heterocycles. The molecular formula is C16H18N2O3. The second kappa shape index (κ2) is 6.89. The van der Waals surface area contributed by atoms with E-state index in [1.807, 2.05) is 0 Å². The van der Waals surface area contributed by atoms with Crippen molar-refractivity contribution < 1.29 is 14.3 Å². The van der Waals surface area contributed by atoms with E-state index in [2.05, 4.69) is 11.4 Å². The molecule has 1 N–H and O–H groups in total. The smallest absolute Gasteiger partial charge is 0.259 e. The lowest BCUT2D eigenvalue weighted by atomic mass is 9.83. The van der Waals surface area contributed by atoms with Gasteiger partial charge in [-0.1, -0.05) is 19.3 Å². The number of nitriles is 1. The predicted molar refractivity (Wildman–Crippen MR) is 76.9 cm³/mol.